The predicted octanol–water partition coefficient (Wildman–Crippen LogP) is 3.37. The van der Waals surface area contributed by atoms with Crippen LogP contribution in [0.3, 0.4) is 0 Å². The molecule has 172 valence electrons. The van der Waals surface area contributed by atoms with Crippen molar-refractivity contribution in [1.82, 2.24) is 19.6 Å². The highest BCUT2D eigenvalue weighted by molar-refractivity contribution is 5.97. The Bertz CT molecular complexity index is 1200. The topological polar surface area (TPSA) is 67.7 Å². The number of benzene rings is 2. The maximum absolute atomic E-state index is 14.3. The van der Waals surface area contributed by atoms with Crippen LogP contribution in [0.25, 0.3) is 5.69 Å². The second-order valence-electron chi connectivity index (χ2n) is 7.87. The van der Waals surface area contributed by atoms with Gasteiger partial charge in [0.1, 0.15) is 17.3 Å². The largest absolute Gasteiger partial charge is 0.497 e. The molecular weight excluding hydrogens is 430 g/mol. The first-order valence-electron chi connectivity index (χ1n) is 10.5. The van der Waals surface area contributed by atoms with Crippen LogP contribution in [0, 0.1) is 25.5 Å². The van der Waals surface area contributed by atoms with E-state index >= 15 is 0 Å². The summed E-state index contributed by atoms with van der Waals surface area (Å²) in [6.07, 6.45) is 0. The number of aryl methyl sites for hydroxylation is 1. The van der Waals surface area contributed by atoms with Gasteiger partial charge in [0, 0.05) is 37.8 Å². The van der Waals surface area contributed by atoms with Gasteiger partial charge >= 0.3 is 0 Å². The van der Waals surface area contributed by atoms with E-state index < -0.39 is 11.6 Å². The number of hydrogen-bond donors (Lipinski definition) is 0. The van der Waals surface area contributed by atoms with Crippen molar-refractivity contribution in [1.29, 1.82) is 0 Å². The molecule has 4 rings (SSSR count). The summed E-state index contributed by atoms with van der Waals surface area (Å²) in [5.41, 5.74) is 1.95. The molecule has 33 heavy (non-hydrogen) atoms. The van der Waals surface area contributed by atoms with Crippen LogP contribution < -0.4 is 4.74 Å². The molecule has 2 aromatic carbocycles. The van der Waals surface area contributed by atoms with Crippen molar-refractivity contribution in [2.24, 2.45) is 0 Å². The Kier molecular flexibility index (Phi) is 6.13. The zero-order valence-electron chi connectivity index (χ0n) is 18.6. The zero-order valence-corrected chi connectivity index (χ0v) is 18.6. The zero-order chi connectivity index (χ0) is 23.7. The van der Waals surface area contributed by atoms with E-state index in [1.165, 1.54) is 10.7 Å². The molecule has 0 aliphatic carbocycles. The van der Waals surface area contributed by atoms with Crippen LogP contribution in [-0.4, -0.2) is 64.7 Å². The molecule has 3 aromatic rings. The maximum atomic E-state index is 14.3. The van der Waals surface area contributed by atoms with Crippen LogP contribution in [-0.2, 0) is 0 Å². The summed E-state index contributed by atoms with van der Waals surface area (Å²) in [7, 11) is 1.57. The summed E-state index contributed by atoms with van der Waals surface area (Å²) in [6, 6.07) is 10.1. The Morgan fingerprint density at radius 3 is 2.09 bits per heavy atom. The molecule has 2 heterocycles. The Morgan fingerprint density at radius 1 is 0.909 bits per heavy atom. The molecule has 1 aliphatic rings. The third-order valence-corrected chi connectivity index (χ3v) is 5.83. The van der Waals surface area contributed by atoms with Gasteiger partial charge in [-0.15, -0.1) is 0 Å². The summed E-state index contributed by atoms with van der Waals surface area (Å²) in [6.45, 7) is 4.90. The van der Waals surface area contributed by atoms with Crippen molar-refractivity contribution in [3.8, 4) is 11.4 Å². The molecule has 0 radical (unpaired) electrons. The smallest absolute Gasteiger partial charge is 0.257 e. The maximum Gasteiger partial charge on any atom is 0.257 e. The lowest BCUT2D eigenvalue weighted by atomic mass is 10.1. The molecule has 1 fully saturated rings. The van der Waals surface area contributed by atoms with Gasteiger partial charge in [0.25, 0.3) is 11.8 Å². The molecule has 1 aliphatic heterocycles. The molecule has 0 bridgehead atoms. The number of amides is 2. The molecule has 1 saturated heterocycles. The van der Waals surface area contributed by atoms with Gasteiger partial charge in [-0.3, -0.25) is 9.59 Å². The molecule has 0 saturated carbocycles. The fourth-order valence-corrected chi connectivity index (χ4v) is 4.03. The highest BCUT2D eigenvalue weighted by atomic mass is 19.1. The summed E-state index contributed by atoms with van der Waals surface area (Å²) in [5, 5.41) is 4.32. The Morgan fingerprint density at radius 2 is 1.52 bits per heavy atom. The Balaban J connectivity index is 1.47. The number of halogens is 2. The number of rotatable bonds is 4. The summed E-state index contributed by atoms with van der Waals surface area (Å²) in [5.74, 6) is -1.10. The molecule has 0 N–H and O–H groups in total. The standard InChI is InChI=1S/C24H24F2N4O3/c1-15-22(16(2)30(27-15)21-9-6-18(25)14-20(21)26)24(32)29-12-10-28(11-13-29)23(31)17-4-7-19(33-3)8-5-17/h4-9,14H,10-13H2,1-3H3. The molecule has 7 nitrogen and oxygen atoms in total. The van der Waals surface area contributed by atoms with Crippen LogP contribution in [0.5, 0.6) is 5.75 Å². The van der Waals surface area contributed by atoms with E-state index in [9.17, 15) is 18.4 Å². The molecule has 2 amide bonds. The Hall–Kier alpha value is -3.75. The van der Waals surface area contributed by atoms with Gasteiger partial charge in [0.2, 0.25) is 0 Å². The third-order valence-electron chi connectivity index (χ3n) is 5.83. The van der Waals surface area contributed by atoms with Gasteiger partial charge in [-0.2, -0.15) is 5.10 Å². The van der Waals surface area contributed by atoms with Crippen LogP contribution >= 0.6 is 0 Å². The van der Waals surface area contributed by atoms with Crippen molar-refractivity contribution in [3.63, 3.8) is 0 Å². The molecule has 1 aromatic heterocycles. The van der Waals surface area contributed by atoms with Crippen molar-refractivity contribution in [3.05, 3.63) is 76.6 Å². The quantitative estimate of drug-likeness (QED) is 0.606. The summed E-state index contributed by atoms with van der Waals surface area (Å²) < 4.78 is 34.0. The number of piperazine rings is 1. The summed E-state index contributed by atoms with van der Waals surface area (Å²) >= 11 is 0. The first kappa shape index (κ1) is 22.4. The fourth-order valence-electron chi connectivity index (χ4n) is 4.03. The van der Waals surface area contributed by atoms with E-state index in [0.29, 0.717) is 54.4 Å². The number of aromatic nitrogens is 2. The van der Waals surface area contributed by atoms with Gasteiger partial charge in [-0.1, -0.05) is 0 Å². The Labute approximate surface area is 190 Å². The third kappa shape index (κ3) is 4.30. The molecular formula is C24H24F2N4O3. The van der Waals surface area contributed by atoms with Crippen LogP contribution in [0.2, 0.25) is 0 Å². The van der Waals surface area contributed by atoms with Crippen LogP contribution in [0.15, 0.2) is 42.5 Å². The number of carbonyl (C=O) groups is 2. The number of nitrogens with zero attached hydrogens (tertiary/aromatic N) is 4. The molecule has 0 spiro atoms. The number of hydrogen-bond acceptors (Lipinski definition) is 4. The fraction of sp³-hybridized carbons (Fsp3) is 0.292. The summed E-state index contributed by atoms with van der Waals surface area (Å²) in [4.78, 5) is 29.4. The minimum Gasteiger partial charge on any atom is -0.497 e. The lowest BCUT2D eigenvalue weighted by Gasteiger charge is -2.35. The van der Waals surface area contributed by atoms with Gasteiger partial charge in [-0.25, -0.2) is 13.5 Å². The second-order valence-corrected chi connectivity index (χ2v) is 7.87. The normalized spacial score (nSPS) is 13.8. The van der Waals surface area contributed by atoms with Crippen LogP contribution in [0.1, 0.15) is 32.1 Å². The van der Waals surface area contributed by atoms with E-state index in [4.69, 9.17) is 4.74 Å². The van der Waals surface area contributed by atoms with Gasteiger partial charge in [0.05, 0.1) is 24.1 Å². The van der Waals surface area contributed by atoms with Crippen molar-refractivity contribution < 1.29 is 23.1 Å². The lowest BCUT2D eigenvalue weighted by Crippen LogP contribution is -2.50. The van der Waals surface area contributed by atoms with E-state index in [2.05, 4.69) is 5.10 Å². The van der Waals surface area contributed by atoms with Crippen LogP contribution in [0.4, 0.5) is 8.78 Å². The number of ether oxygens (including phenoxy) is 1. The second kappa shape index (κ2) is 9.01. The van der Waals surface area contributed by atoms with Gasteiger partial charge < -0.3 is 14.5 Å². The first-order valence-corrected chi connectivity index (χ1v) is 10.5. The minimum atomic E-state index is -0.759. The van der Waals surface area contributed by atoms with E-state index in [1.54, 1.807) is 55.0 Å². The van der Waals surface area contributed by atoms with E-state index in [-0.39, 0.29) is 17.5 Å². The first-order chi connectivity index (χ1) is 15.8. The van der Waals surface area contributed by atoms with Gasteiger partial charge in [0.15, 0.2) is 5.82 Å². The van der Waals surface area contributed by atoms with E-state index in [0.717, 1.165) is 12.1 Å². The van der Waals surface area contributed by atoms with Gasteiger partial charge in [-0.05, 0) is 50.2 Å². The average molecular weight is 454 g/mol. The lowest BCUT2D eigenvalue weighted by molar-refractivity contribution is 0.0534. The molecule has 0 atom stereocenters. The minimum absolute atomic E-state index is 0.0750. The van der Waals surface area contributed by atoms with Crippen molar-refractivity contribution in [2.45, 2.75) is 13.8 Å². The molecule has 9 heteroatoms. The van der Waals surface area contributed by atoms with Crippen molar-refractivity contribution >= 4 is 11.8 Å². The highest BCUT2D eigenvalue weighted by Gasteiger charge is 2.29. The molecule has 0 unspecified atom stereocenters. The number of methoxy groups -OCH3 is 1. The predicted molar refractivity (Wildman–Crippen MR) is 118 cm³/mol. The SMILES string of the molecule is COc1ccc(C(=O)N2CCN(C(=O)c3c(C)nn(-c4ccc(F)cc4F)c3C)CC2)cc1. The van der Waals surface area contributed by atoms with Crippen molar-refractivity contribution in [2.75, 3.05) is 33.3 Å². The number of carbonyl (C=O) groups excluding carboxylic acids is 2. The van der Waals surface area contributed by atoms with E-state index in [1.807, 2.05) is 0 Å². The highest BCUT2D eigenvalue weighted by Crippen LogP contribution is 2.23. The average Bonchev–Trinajstić information content (AvgIpc) is 3.11. The monoisotopic (exact) mass is 454 g/mol.